The van der Waals surface area contributed by atoms with Crippen LogP contribution in [0.3, 0.4) is 0 Å². The van der Waals surface area contributed by atoms with Crippen molar-refractivity contribution in [2.75, 3.05) is 5.32 Å². The quantitative estimate of drug-likeness (QED) is 0.604. The second-order valence-electron chi connectivity index (χ2n) is 5.72. The maximum atomic E-state index is 9.60. The fourth-order valence-corrected chi connectivity index (χ4v) is 2.79. The van der Waals surface area contributed by atoms with Crippen LogP contribution in [0.25, 0.3) is 17.2 Å². The molecule has 0 saturated heterocycles. The first-order valence-electron chi connectivity index (χ1n) is 8.11. The van der Waals surface area contributed by atoms with E-state index in [0.717, 1.165) is 28.9 Å². The Balaban J connectivity index is 1.80. The van der Waals surface area contributed by atoms with Gasteiger partial charge in [-0.2, -0.15) is 0 Å². The molecule has 0 aliphatic heterocycles. The van der Waals surface area contributed by atoms with E-state index >= 15 is 0 Å². The molecule has 0 spiro atoms. The number of phenols is 1. The molecule has 0 aliphatic rings. The maximum absolute atomic E-state index is 9.60. The van der Waals surface area contributed by atoms with E-state index in [1.807, 2.05) is 30.3 Å². The number of aromatic hydroxyl groups is 1. The van der Waals surface area contributed by atoms with Crippen molar-refractivity contribution in [2.24, 2.45) is 0 Å². The minimum atomic E-state index is 0.282. The average molecular weight is 315 g/mol. The highest BCUT2D eigenvalue weighted by Crippen LogP contribution is 2.26. The predicted molar refractivity (Wildman–Crippen MR) is 103 cm³/mol. The van der Waals surface area contributed by atoms with Gasteiger partial charge in [-0.1, -0.05) is 49.9 Å². The molecular formula is C22H21NO. The van der Waals surface area contributed by atoms with Gasteiger partial charge in [0.05, 0.1) is 0 Å². The number of anilines is 2. The Morgan fingerprint density at radius 3 is 2.33 bits per heavy atom. The fourth-order valence-electron chi connectivity index (χ4n) is 2.79. The monoisotopic (exact) mass is 315 g/mol. The lowest BCUT2D eigenvalue weighted by molar-refractivity contribution is 0.475. The zero-order valence-electron chi connectivity index (χ0n) is 13.8. The van der Waals surface area contributed by atoms with Crippen LogP contribution in [-0.2, 0) is 6.42 Å². The van der Waals surface area contributed by atoms with Gasteiger partial charge in [-0.05, 0) is 65.1 Å². The number of nitrogens with one attached hydrogen (secondary N) is 1. The molecule has 0 bridgehead atoms. The Hall–Kier alpha value is -3.00. The molecule has 0 unspecified atom stereocenters. The summed E-state index contributed by atoms with van der Waals surface area (Å²) in [5, 5.41) is 13.0. The average Bonchev–Trinajstić information content (AvgIpc) is 2.62. The highest BCUT2D eigenvalue weighted by atomic mass is 16.3. The van der Waals surface area contributed by atoms with Crippen LogP contribution >= 0.6 is 0 Å². The van der Waals surface area contributed by atoms with Crippen LogP contribution in [0.5, 0.6) is 5.75 Å². The molecule has 0 heterocycles. The van der Waals surface area contributed by atoms with E-state index in [-0.39, 0.29) is 5.75 Å². The molecule has 0 aromatic heterocycles. The number of benzene rings is 3. The van der Waals surface area contributed by atoms with Crippen molar-refractivity contribution in [1.29, 1.82) is 0 Å². The van der Waals surface area contributed by atoms with Gasteiger partial charge in [0.25, 0.3) is 0 Å². The fraction of sp³-hybridized carbons (Fsp3) is 0.0909. The van der Waals surface area contributed by atoms with Gasteiger partial charge >= 0.3 is 0 Å². The van der Waals surface area contributed by atoms with Gasteiger partial charge in [0.1, 0.15) is 5.75 Å². The van der Waals surface area contributed by atoms with Crippen LogP contribution < -0.4 is 5.32 Å². The lowest BCUT2D eigenvalue weighted by Gasteiger charge is -2.11. The van der Waals surface area contributed by atoms with Gasteiger partial charge in [-0.15, -0.1) is 0 Å². The van der Waals surface area contributed by atoms with Crippen LogP contribution in [0.15, 0.2) is 73.3 Å². The van der Waals surface area contributed by atoms with E-state index in [0.29, 0.717) is 0 Å². The lowest BCUT2D eigenvalue weighted by atomic mass is 10.0. The molecule has 0 fully saturated rings. The van der Waals surface area contributed by atoms with Gasteiger partial charge < -0.3 is 10.4 Å². The van der Waals surface area contributed by atoms with Crippen molar-refractivity contribution in [3.8, 4) is 16.9 Å². The molecule has 3 aromatic rings. The molecule has 0 saturated carbocycles. The number of phenolic OH excluding ortho intramolecular Hbond substituents is 1. The summed E-state index contributed by atoms with van der Waals surface area (Å²) in [5.41, 5.74) is 6.65. The molecule has 2 heteroatoms. The van der Waals surface area contributed by atoms with E-state index in [9.17, 15) is 5.11 Å². The zero-order chi connectivity index (χ0) is 16.9. The molecule has 0 aliphatic carbocycles. The van der Waals surface area contributed by atoms with E-state index in [4.69, 9.17) is 0 Å². The molecule has 120 valence electrons. The summed E-state index contributed by atoms with van der Waals surface area (Å²) in [4.78, 5) is 0. The Morgan fingerprint density at radius 1 is 0.917 bits per heavy atom. The van der Waals surface area contributed by atoms with Gasteiger partial charge in [0.2, 0.25) is 0 Å². The van der Waals surface area contributed by atoms with Crippen LogP contribution in [-0.4, -0.2) is 5.11 Å². The van der Waals surface area contributed by atoms with Crippen molar-refractivity contribution in [2.45, 2.75) is 13.3 Å². The van der Waals surface area contributed by atoms with Crippen molar-refractivity contribution in [3.63, 3.8) is 0 Å². The van der Waals surface area contributed by atoms with E-state index in [1.54, 1.807) is 12.1 Å². The van der Waals surface area contributed by atoms with E-state index < -0.39 is 0 Å². The molecule has 2 N–H and O–H groups in total. The summed E-state index contributed by atoms with van der Waals surface area (Å²) in [6, 6.07) is 21.8. The third-order valence-corrected chi connectivity index (χ3v) is 4.10. The first-order valence-corrected chi connectivity index (χ1v) is 8.11. The Labute approximate surface area is 143 Å². The van der Waals surface area contributed by atoms with Gasteiger partial charge in [-0.3, -0.25) is 0 Å². The summed E-state index contributed by atoms with van der Waals surface area (Å²) in [5.74, 6) is 0.282. The third kappa shape index (κ3) is 3.49. The van der Waals surface area contributed by atoms with Crippen LogP contribution in [0.2, 0.25) is 0 Å². The molecule has 3 aromatic carbocycles. The Kier molecular flexibility index (Phi) is 4.66. The summed E-state index contributed by atoms with van der Waals surface area (Å²) < 4.78 is 0. The summed E-state index contributed by atoms with van der Waals surface area (Å²) in [7, 11) is 0. The largest absolute Gasteiger partial charge is 0.508 e. The van der Waals surface area contributed by atoms with Gasteiger partial charge in [-0.25, -0.2) is 0 Å². The molecule has 3 rings (SSSR count). The van der Waals surface area contributed by atoms with E-state index in [1.165, 1.54) is 11.1 Å². The predicted octanol–water partition coefficient (Wildman–Crippen LogP) is 6.01. The van der Waals surface area contributed by atoms with Crippen LogP contribution in [0.1, 0.15) is 18.1 Å². The zero-order valence-corrected chi connectivity index (χ0v) is 13.8. The summed E-state index contributed by atoms with van der Waals surface area (Å²) in [6.45, 7) is 6.01. The molecule has 24 heavy (non-hydrogen) atoms. The number of aryl methyl sites for hydroxylation is 1. The van der Waals surface area contributed by atoms with Crippen molar-refractivity contribution in [3.05, 3.63) is 84.4 Å². The van der Waals surface area contributed by atoms with Crippen molar-refractivity contribution < 1.29 is 5.11 Å². The standard InChI is InChI=1S/C22H21NO/c1-3-16-8-13-21(14-17(16)4-2)23-20-11-9-18(10-12-20)19-6-5-7-22(24)15-19/h3,5-15,23-24H,1,4H2,2H3. The highest BCUT2D eigenvalue weighted by molar-refractivity contribution is 5.70. The normalized spacial score (nSPS) is 10.4. The van der Waals surface area contributed by atoms with Gasteiger partial charge in [0.15, 0.2) is 0 Å². The molecule has 0 radical (unpaired) electrons. The molecular weight excluding hydrogens is 294 g/mol. The minimum absolute atomic E-state index is 0.282. The number of rotatable bonds is 5. The lowest BCUT2D eigenvalue weighted by Crippen LogP contribution is -1.93. The first kappa shape index (κ1) is 15.9. The van der Waals surface area contributed by atoms with Gasteiger partial charge in [0, 0.05) is 11.4 Å². The maximum Gasteiger partial charge on any atom is 0.116 e. The molecule has 0 atom stereocenters. The van der Waals surface area contributed by atoms with Crippen LogP contribution in [0.4, 0.5) is 11.4 Å². The second kappa shape index (κ2) is 7.05. The van der Waals surface area contributed by atoms with Crippen LogP contribution in [0, 0.1) is 0 Å². The number of hydrogen-bond acceptors (Lipinski definition) is 2. The topological polar surface area (TPSA) is 32.3 Å². The minimum Gasteiger partial charge on any atom is -0.508 e. The Bertz CT molecular complexity index is 850. The smallest absolute Gasteiger partial charge is 0.116 e. The third-order valence-electron chi connectivity index (χ3n) is 4.10. The van der Waals surface area contributed by atoms with Crippen molar-refractivity contribution >= 4 is 17.5 Å². The Morgan fingerprint density at radius 2 is 1.67 bits per heavy atom. The summed E-state index contributed by atoms with van der Waals surface area (Å²) in [6.07, 6.45) is 2.87. The van der Waals surface area contributed by atoms with E-state index in [2.05, 4.69) is 49.2 Å². The molecule has 0 amide bonds. The highest BCUT2D eigenvalue weighted by Gasteiger charge is 2.02. The second-order valence-corrected chi connectivity index (χ2v) is 5.72. The van der Waals surface area contributed by atoms with Crippen molar-refractivity contribution in [1.82, 2.24) is 0 Å². The summed E-state index contributed by atoms with van der Waals surface area (Å²) >= 11 is 0. The SMILES string of the molecule is C=Cc1ccc(Nc2ccc(-c3cccc(O)c3)cc2)cc1CC. The molecule has 2 nitrogen and oxygen atoms in total. The first-order chi connectivity index (χ1) is 11.7. The number of hydrogen-bond donors (Lipinski definition) is 2.